The summed E-state index contributed by atoms with van der Waals surface area (Å²) in [6.45, 7) is 0.885. The first kappa shape index (κ1) is 19.1. The number of hydrogen-bond acceptors (Lipinski definition) is 4. The standard InChI is InChI=1S/C22H27FN4OS/c23-18-9-3-2-8-17(18)21-24-25-22(27(21)16-11-12-16)29-14-20(28)26-13-5-7-15-6-1-4-10-19(15)26/h2-3,8-9,15-16,19H,1,4-7,10-14H2/t15-,19+/m1/s1. The average molecular weight is 415 g/mol. The van der Waals surface area contributed by atoms with Gasteiger partial charge in [0.15, 0.2) is 11.0 Å². The summed E-state index contributed by atoms with van der Waals surface area (Å²) in [6.07, 6.45) is 9.45. The number of thioether (sulfide) groups is 1. The highest BCUT2D eigenvalue weighted by atomic mass is 32.2. The van der Waals surface area contributed by atoms with Crippen molar-refractivity contribution < 1.29 is 9.18 Å². The number of rotatable bonds is 5. The number of aromatic nitrogens is 3. The number of hydrogen-bond donors (Lipinski definition) is 0. The van der Waals surface area contributed by atoms with Crippen LogP contribution in [0.4, 0.5) is 4.39 Å². The molecule has 1 aromatic heterocycles. The van der Waals surface area contributed by atoms with Gasteiger partial charge in [0.2, 0.25) is 5.91 Å². The molecule has 0 bridgehead atoms. The maximum Gasteiger partial charge on any atom is 0.233 e. The molecule has 7 heteroatoms. The lowest BCUT2D eigenvalue weighted by Gasteiger charge is -2.44. The smallest absolute Gasteiger partial charge is 0.233 e. The predicted octanol–water partition coefficient (Wildman–Crippen LogP) is 4.69. The van der Waals surface area contributed by atoms with Gasteiger partial charge < -0.3 is 4.90 Å². The Kier molecular flexibility index (Phi) is 5.33. The zero-order valence-corrected chi connectivity index (χ0v) is 17.4. The van der Waals surface area contributed by atoms with E-state index in [4.69, 9.17) is 0 Å². The second kappa shape index (κ2) is 8.09. The second-order valence-electron chi connectivity index (χ2n) is 8.52. The van der Waals surface area contributed by atoms with Crippen molar-refractivity contribution in [3.05, 3.63) is 30.1 Å². The number of carbonyl (C=O) groups is 1. The van der Waals surface area contributed by atoms with Gasteiger partial charge in [0.25, 0.3) is 0 Å². The van der Waals surface area contributed by atoms with Crippen molar-refractivity contribution in [1.82, 2.24) is 19.7 Å². The third kappa shape index (κ3) is 3.81. The van der Waals surface area contributed by atoms with Gasteiger partial charge in [-0.2, -0.15) is 0 Å². The molecule has 5 rings (SSSR count). The molecule has 0 radical (unpaired) electrons. The van der Waals surface area contributed by atoms with Gasteiger partial charge >= 0.3 is 0 Å². The molecule has 3 fully saturated rings. The molecule has 1 amide bonds. The van der Waals surface area contributed by atoms with Crippen LogP contribution in [0.2, 0.25) is 0 Å². The van der Waals surface area contributed by atoms with Crippen molar-refractivity contribution in [2.24, 2.45) is 5.92 Å². The molecule has 0 spiro atoms. The van der Waals surface area contributed by atoms with Crippen LogP contribution in [0.5, 0.6) is 0 Å². The summed E-state index contributed by atoms with van der Waals surface area (Å²) in [5.74, 6) is 1.57. The molecule has 5 nitrogen and oxygen atoms in total. The van der Waals surface area contributed by atoms with Crippen LogP contribution in [0.15, 0.2) is 29.4 Å². The van der Waals surface area contributed by atoms with Crippen LogP contribution in [0, 0.1) is 11.7 Å². The Hall–Kier alpha value is -1.89. The Labute approximate surface area is 175 Å². The Morgan fingerprint density at radius 2 is 1.86 bits per heavy atom. The fourth-order valence-electron chi connectivity index (χ4n) is 5.01. The van der Waals surface area contributed by atoms with Gasteiger partial charge in [-0.3, -0.25) is 9.36 Å². The van der Waals surface area contributed by atoms with Gasteiger partial charge in [0.05, 0.1) is 11.3 Å². The minimum absolute atomic E-state index is 0.212. The number of likely N-dealkylation sites (tertiary alicyclic amines) is 1. The van der Waals surface area contributed by atoms with E-state index < -0.39 is 0 Å². The molecule has 154 valence electrons. The van der Waals surface area contributed by atoms with Gasteiger partial charge in [0, 0.05) is 18.6 Å². The van der Waals surface area contributed by atoms with E-state index in [1.807, 2.05) is 10.6 Å². The summed E-state index contributed by atoms with van der Waals surface area (Å²) >= 11 is 1.45. The molecule has 29 heavy (non-hydrogen) atoms. The maximum atomic E-state index is 14.3. The van der Waals surface area contributed by atoms with Gasteiger partial charge in [-0.25, -0.2) is 4.39 Å². The molecule has 3 aliphatic rings. The summed E-state index contributed by atoms with van der Waals surface area (Å²) < 4.78 is 16.4. The highest BCUT2D eigenvalue weighted by molar-refractivity contribution is 7.99. The third-order valence-electron chi connectivity index (χ3n) is 6.58. The van der Waals surface area contributed by atoms with Crippen molar-refractivity contribution in [1.29, 1.82) is 0 Å². The minimum Gasteiger partial charge on any atom is -0.339 e. The number of benzene rings is 1. The van der Waals surface area contributed by atoms with Crippen LogP contribution in [0.25, 0.3) is 11.4 Å². The first-order valence-corrected chi connectivity index (χ1v) is 11.8. The monoisotopic (exact) mass is 414 g/mol. The fraction of sp³-hybridized carbons (Fsp3) is 0.591. The quantitative estimate of drug-likeness (QED) is 0.666. The summed E-state index contributed by atoms with van der Waals surface area (Å²) in [4.78, 5) is 15.2. The molecule has 2 aliphatic carbocycles. The Morgan fingerprint density at radius 1 is 1.07 bits per heavy atom. The van der Waals surface area contributed by atoms with E-state index in [9.17, 15) is 9.18 Å². The lowest BCUT2D eigenvalue weighted by atomic mass is 9.78. The van der Waals surface area contributed by atoms with E-state index in [0.717, 1.165) is 37.4 Å². The van der Waals surface area contributed by atoms with E-state index in [2.05, 4.69) is 15.1 Å². The van der Waals surface area contributed by atoms with E-state index in [1.165, 1.54) is 43.5 Å². The number of piperidine rings is 1. The highest BCUT2D eigenvalue weighted by Crippen LogP contribution is 2.42. The summed E-state index contributed by atoms with van der Waals surface area (Å²) in [5.41, 5.74) is 0.478. The largest absolute Gasteiger partial charge is 0.339 e. The van der Waals surface area contributed by atoms with E-state index in [-0.39, 0.29) is 11.7 Å². The predicted molar refractivity (Wildman–Crippen MR) is 111 cm³/mol. The van der Waals surface area contributed by atoms with Crippen LogP contribution in [-0.4, -0.2) is 43.9 Å². The SMILES string of the molecule is O=C(CSc1nnc(-c2ccccc2F)n1C1CC1)N1CCC[C@H]2CCCC[C@@H]21. The normalized spacial score (nSPS) is 24.4. The van der Waals surface area contributed by atoms with Crippen molar-refractivity contribution in [2.75, 3.05) is 12.3 Å². The number of halogens is 1. The molecule has 1 aliphatic heterocycles. The first-order chi connectivity index (χ1) is 14.2. The van der Waals surface area contributed by atoms with Crippen molar-refractivity contribution in [3.8, 4) is 11.4 Å². The lowest BCUT2D eigenvalue weighted by molar-refractivity contribution is -0.134. The maximum absolute atomic E-state index is 14.3. The molecule has 2 saturated carbocycles. The van der Waals surface area contributed by atoms with Crippen LogP contribution in [0.1, 0.15) is 57.4 Å². The van der Waals surface area contributed by atoms with Crippen LogP contribution in [-0.2, 0) is 4.79 Å². The summed E-state index contributed by atoms with van der Waals surface area (Å²) in [5, 5.41) is 9.36. The topological polar surface area (TPSA) is 51.0 Å². The second-order valence-corrected chi connectivity index (χ2v) is 9.46. The third-order valence-corrected chi connectivity index (χ3v) is 7.51. The molecule has 2 atom stereocenters. The Balaban J connectivity index is 1.32. The zero-order chi connectivity index (χ0) is 19.8. The Bertz CT molecular complexity index is 895. The van der Waals surface area contributed by atoms with E-state index in [0.29, 0.717) is 35.1 Å². The van der Waals surface area contributed by atoms with Gasteiger partial charge in [-0.15, -0.1) is 10.2 Å². The summed E-state index contributed by atoms with van der Waals surface area (Å²) in [7, 11) is 0. The van der Waals surface area contributed by atoms with Crippen LogP contribution in [0.3, 0.4) is 0 Å². The highest BCUT2D eigenvalue weighted by Gasteiger charge is 2.36. The number of carbonyl (C=O) groups excluding carboxylic acids is 1. The molecule has 0 unspecified atom stereocenters. The van der Waals surface area contributed by atoms with Gasteiger partial charge in [0.1, 0.15) is 5.82 Å². The van der Waals surface area contributed by atoms with Crippen molar-refractivity contribution in [2.45, 2.75) is 68.6 Å². The van der Waals surface area contributed by atoms with E-state index >= 15 is 0 Å². The number of fused-ring (bicyclic) bond motifs is 1. The molecular weight excluding hydrogens is 387 g/mol. The summed E-state index contributed by atoms with van der Waals surface area (Å²) in [6, 6.07) is 7.44. The van der Waals surface area contributed by atoms with Crippen molar-refractivity contribution >= 4 is 17.7 Å². The molecule has 0 N–H and O–H groups in total. The molecule has 1 aromatic carbocycles. The molecular formula is C22H27FN4OS. The first-order valence-electron chi connectivity index (χ1n) is 10.8. The minimum atomic E-state index is -0.286. The Morgan fingerprint density at radius 3 is 2.69 bits per heavy atom. The van der Waals surface area contributed by atoms with Crippen LogP contribution >= 0.6 is 11.8 Å². The fourth-order valence-corrected chi connectivity index (χ4v) is 5.90. The molecule has 2 aromatic rings. The van der Waals surface area contributed by atoms with Gasteiger partial charge in [-0.1, -0.05) is 36.7 Å². The molecule has 1 saturated heterocycles. The van der Waals surface area contributed by atoms with Gasteiger partial charge in [-0.05, 0) is 56.6 Å². The molecule has 2 heterocycles. The number of amides is 1. The zero-order valence-electron chi connectivity index (χ0n) is 16.6. The lowest BCUT2D eigenvalue weighted by Crippen LogP contribution is -2.50. The van der Waals surface area contributed by atoms with E-state index in [1.54, 1.807) is 12.1 Å². The van der Waals surface area contributed by atoms with Crippen LogP contribution < -0.4 is 0 Å². The number of nitrogens with zero attached hydrogens (tertiary/aromatic N) is 4. The van der Waals surface area contributed by atoms with Crippen molar-refractivity contribution in [3.63, 3.8) is 0 Å². The average Bonchev–Trinajstić information content (AvgIpc) is 3.51.